The van der Waals surface area contributed by atoms with Crippen LogP contribution in [0.15, 0.2) is 18.3 Å². The van der Waals surface area contributed by atoms with Crippen LogP contribution >= 0.6 is 0 Å². The lowest BCUT2D eigenvalue weighted by atomic mass is 10.0. The molecule has 0 aliphatic carbocycles. The maximum absolute atomic E-state index is 5.36. The molecule has 0 aromatic carbocycles. The predicted octanol–water partition coefficient (Wildman–Crippen LogP) is 2.05. The second-order valence-corrected chi connectivity index (χ2v) is 5.35. The van der Waals surface area contributed by atoms with Crippen molar-refractivity contribution in [2.45, 2.75) is 45.3 Å². The van der Waals surface area contributed by atoms with Crippen LogP contribution in [0.4, 0.5) is 0 Å². The van der Waals surface area contributed by atoms with Gasteiger partial charge < -0.3 is 10.1 Å². The third-order valence-electron chi connectivity index (χ3n) is 3.77. The Labute approximate surface area is 116 Å². The summed E-state index contributed by atoms with van der Waals surface area (Å²) in [7, 11) is 1.69. The first-order valence-corrected chi connectivity index (χ1v) is 7.20. The van der Waals surface area contributed by atoms with Crippen LogP contribution in [0.25, 0.3) is 0 Å². The van der Waals surface area contributed by atoms with Crippen molar-refractivity contribution < 1.29 is 4.74 Å². The number of hydrogen-bond donors (Lipinski definition) is 1. The monoisotopic (exact) mass is 263 g/mol. The molecule has 4 nitrogen and oxygen atoms in total. The summed E-state index contributed by atoms with van der Waals surface area (Å²) in [6.45, 7) is 7.59. The molecule has 2 unspecified atom stereocenters. The molecule has 1 aliphatic rings. The Bertz CT molecular complexity index is 397. The fourth-order valence-electron chi connectivity index (χ4n) is 2.79. The average Bonchev–Trinajstić information content (AvgIpc) is 2.42. The van der Waals surface area contributed by atoms with Crippen LogP contribution in [0.1, 0.15) is 32.3 Å². The number of aromatic nitrogens is 1. The summed E-state index contributed by atoms with van der Waals surface area (Å²) in [5.74, 6) is 0.754. The zero-order chi connectivity index (χ0) is 13.7. The molecule has 0 saturated carbocycles. The van der Waals surface area contributed by atoms with Gasteiger partial charge in [-0.05, 0) is 19.4 Å². The number of hydrogen-bond acceptors (Lipinski definition) is 4. The first-order valence-electron chi connectivity index (χ1n) is 7.20. The molecular formula is C15H25N3O. The molecule has 106 valence electrons. The highest BCUT2D eigenvalue weighted by Crippen LogP contribution is 2.20. The first-order chi connectivity index (χ1) is 9.24. The zero-order valence-corrected chi connectivity index (χ0v) is 12.2. The van der Waals surface area contributed by atoms with E-state index in [9.17, 15) is 0 Å². The molecule has 0 bridgehead atoms. The highest BCUT2D eigenvalue weighted by Gasteiger charge is 2.25. The van der Waals surface area contributed by atoms with Crippen LogP contribution in [0.2, 0.25) is 0 Å². The van der Waals surface area contributed by atoms with E-state index in [4.69, 9.17) is 4.74 Å². The summed E-state index contributed by atoms with van der Waals surface area (Å²) in [6, 6.07) is 5.27. The van der Waals surface area contributed by atoms with Gasteiger partial charge in [0.15, 0.2) is 0 Å². The standard InChI is InChI=1S/C15H25N3O/c1-4-6-14-9-17-12(2)10-18(14)11-13-7-5-8-16-15(13)19-3/h5,7-8,12,14,17H,4,6,9-11H2,1-3H3. The number of ether oxygens (including phenoxy) is 1. The largest absolute Gasteiger partial charge is 0.481 e. The third-order valence-corrected chi connectivity index (χ3v) is 3.77. The highest BCUT2D eigenvalue weighted by atomic mass is 16.5. The Hall–Kier alpha value is -1.13. The van der Waals surface area contributed by atoms with E-state index in [0.29, 0.717) is 12.1 Å². The summed E-state index contributed by atoms with van der Waals surface area (Å²) < 4.78 is 5.36. The topological polar surface area (TPSA) is 37.4 Å². The van der Waals surface area contributed by atoms with E-state index in [1.807, 2.05) is 6.07 Å². The van der Waals surface area contributed by atoms with Crippen LogP contribution in [0.3, 0.4) is 0 Å². The molecular weight excluding hydrogens is 238 g/mol. The van der Waals surface area contributed by atoms with Crippen molar-refractivity contribution in [3.63, 3.8) is 0 Å². The SMILES string of the molecule is CCCC1CNC(C)CN1Cc1cccnc1OC. The number of piperazine rings is 1. The summed E-state index contributed by atoms with van der Waals surface area (Å²) in [5.41, 5.74) is 1.18. The van der Waals surface area contributed by atoms with E-state index in [1.54, 1.807) is 13.3 Å². The molecule has 0 spiro atoms. The zero-order valence-electron chi connectivity index (χ0n) is 12.2. The molecule has 1 aliphatic heterocycles. The number of nitrogens with one attached hydrogen (secondary N) is 1. The molecule has 1 aromatic heterocycles. The second kappa shape index (κ2) is 6.87. The van der Waals surface area contributed by atoms with Gasteiger partial charge in [-0.2, -0.15) is 0 Å². The van der Waals surface area contributed by atoms with Gasteiger partial charge in [0.25, 0.3) is 0 Å². The predicted molar refractivity (Wildman–Crippen MR) is 77.4 cm³/mol. The minimum Gasteiger partial charge on any atom is -0.481 e. The van der Waals surface area contributed by atoms with E-state index >= 15 is 0 Å². The van der Waals surface area contributed by atoms with Gasteiger partial charge in [-0.15, -0.1) is 0 Å². The molecule has 1 fully saturated rings. The summed E-state index contributed by atoms with van der Waals surface area (Å²) >= 11 is 0. The van der Waals surface area contributed by atoms with Gasteiger partial charge in [-0.1, -0.05) is 19.4 Å². The van der Waals surface area contributed by atoms with Crippen LogP contribution in [-0.2, 0) is 6.54 Å². The fraction of sp³-hybridized carbons (Fsp3) is 0.667. The van der Waals surface area contributed by atoms with Crippen LogP contribution in [0, 0.1) is 0 Å². The van der Waals surface area contributed by atoms with Gasteiger partial charge in [0.05, 0.1) is 7.11 Å². The van der Waals surface area contributed by atoms with Gasteiger partial charge in [0, 0.05) is 43.5 Å². The summed E-state index contributed by atoms with van der Waals surface area (Å²) in [4.78, 5) is 6.85. The quantitative estimate of drug-likeness (QED) is 0.882. The smallest absolute Gasteiger partial charge is 0.217 e. The summed E-state index contributed by atoms with van der Waals surface area (Å²) in [5, 5.41) is 3.57. The molecule has 1 aromatic rings. The number of pyridine rings is 1. The molecule has 0 amide bonds. The average molecular weight is 263 g/mol. The van der Waals surface area contributed by atoms with E-state index < -0.39 is 0 Å². The summed E-state index contributed by atoms with van der Waals surface area (Å²) in [6.07, 6.45) is 4.25. The highest BCUT2D eigenvalue weighted by molar-refractivity contribution is 5.25. The maximum atomic E-state index is 5.36. The van der Waals surface area contributed by atoms with Crippen molar-refractivity contribution in [3.8, 4) is 5.88 Å². The second-order valence-electron chi connectivity index (χ2n) is 5.35. The van der Waals surface area contributed by atoms with Crippen molar-refractivity contribution in [1.82, 2.24) is 15.2 Å². The lowest BCUT2D eigenvalue weighted by Crippen LogP contribution is -2.54. The minimum absolute atomic E-state index is 0.552. The molecule has 0 radical (unpaired) electrons. The maximum Gasteiger partial charge on any atom is 0.217 e. The van der Waals surface area contributed by atoms with Gasteiger partial charge in [0.1, 0.15) is 0 Å². The van der Waals surface area contributed by atoms with Gasteiger partial charge in [-0.3, -0.25) is 4.90 Å². The molecule has 1 N–H and O–H groups in total. The Morgan fingerprint density at radius 1 is 1.53 bits per heavy atom. The van der Waals surface area contributed by atoms with Gasteiger partial charge in [-0.25, -0.2) is 4.98 Å². The molecule has 2 heterocycles. The Morgan fingerprint density at radius 3 is 3.11 bits per heavy atom. The van der Waals surface area contributed by atoms with Gasteiger partial charge in [0.2, 0.25) is 5.88 Å². The number of rotatable bonds is 5. The first kappa shape index (κ1) is 14.3. The van der Waals surface area contributed by atoms with Gasteiger partial charge >= 0.3 is 0 Å². The van der Waals surface area contributed by atoms with Crippen LogP contribution < -0.4 is 10.1 Å². The van der Waals surface area contributed by atoms with E-state index in [2.05, 4.69) is 35.1 Å². The Kier molecular flexibility index (Phi) is 5.16. The Morgan fingerprint density at radius 2 is 2.37 bits per heavy atom. The van der Waals surface area contributed by atoms with E-state index in [-0.39, 0.29) is 0 Å². The minimum atomic E-state index is 0.552. The van der Waals surface area contributed by atoms with Crippen molar-refractivity contribution in [1.29, 1.82) is 0 Å². The number of nitrogens with zero attached hydrogens (tertiary/aromatic N) is 2. The molecule has 1 saturated heterocycles. The van der Waals surface area contributed by atoms with Crippen molar-refractivity contribution in [2.75, 3.05) is 20.2 Å². The van der Waals surface area contributed by atoms with Crippen LogP contribution in [-0.4, -0.2) is 42.2 Å². The van der Waals surface area contributed by atoms with Crippen molar-refractivity contribution in [2.24, 2.45) is 0 Å². The molecule has 4 heteroatoms. The molecule has 2 rings (SSSR count). The number of methoxy groups -OCH3 is 1. The van der Waals surface area contributed by atoms with Crippen molar-refractivity contribution >= 4 is 0 Å². The normalized spacial score (nSPS) is 24.4. The lowest BCUT2D eigenvalue weighted by Gasteiger charge is -2.39. The molecule has 19 heavy (non-hydrogen) atoms. The molecule has 2 atom stereocenters. The fourth-order valence-corrected chi connectivity index (χ4v) is 2.79. The van der Waals surface area contributed by atoms with Crippen molar-refractivity contribution in [3.05, 3.63) is 23.9 Å². The Balaban J connectivity index is 2.09. The van der Waals surface area contributed by atoms with E-state index in [0.717, 1.165) is 25.5 Å². The van der Waals surface area contributed by atoms with E-state index in [1.165, 1.54) is 18.4 Å². The van der Waals surface area contributed by atoms with Crippen LogP contribution in [0.5, 0.6) is 5.88 Å². The third kappa shape index (κ3) is 3.67. The lowest BCUT2D eigenvalue weighted by molar-refractivity contribution is 0.118.